The number of amides is 1. The van der Waals surface area contributed by atoms with E-state index in [0.29, 0.717) is 22.6 Å². The van der Waals surface area contributed by atoms with Crippen LogP contribution in [0.1, 0.15) is 39.1 Å². The smallest absolute Gasteiger partial charge is 0.322 e. The van der Waals surface area contributed by atoms with Crippen LogP contribution in [0.5, 0.6) is 0 Å². The molecule has 0 bridgehead atoms. The van der Waals surface area contributed by atoms with Crippen LogP contribution in [-0.4, -0.2) is 45.3 Å². The summed E-state index contributed by atoms with van der Waals surface area (Å²) in [5, 5.41) is 9.68. The van der Waals surface area contributed by atoms with Crippen LogP contribution in [0, 0.1) is 6.92 Å². The van der Waals surface area contributed by atoms with Gasteiger partial charge in [0.25, 0.3) is 5.89 Å². The van der Waals surface area contributed by atoms with Crippen molar-refractivity contribution in [3.8, 4) is 22.8 Å². The number of hydrogen-bond acceptors (Lipinski definition) is 9. The highest BCUT2D eigenvalue weighted by Crippen LogP contribution is 2.26. The Morgan fingerprint density at radius 2 is 1.84 bits per heavy atom. The van der Waals surface area contributed by atoms with Crippen molar-refractivity contribution in [3.63, 3.8) is 0 Å². The molecule has 0 saturated heterocycles. The molecule has 10 nitrogen and oxygen atoms in total. The Balaban J connectivity index is 0. The lowest BCUT2D eigenvalue weighted by Gasteiger charge is -2.15. The molecule has 3 aromatic rings. The van der Waals surface area contributed by atoms with Gasteiger partial charge in [0.15, 0.2) is 9.84 Å². The van der Waals surface area contributed by atoms with E-state index in [1.165, 1.54) is 0 Å². The lowest BCUT2D eigenvalue weighted by Crippen LogP contribution is -2.45. The zero-order valence-corrected chi connectivity index (χ0v) is 18.7. The lowest BCUT2D eigenvalue weighted by molar-refractivity contribution is -0.120. The molecule has 0 aliphatic heterocycles. The molecule has 3 N–H and O–H groups in total. The van der Waals surface area contributed by atoms with Crippen LogP contribution in [0.3, 0.4) is 0 Å². The van der Waals surface area contributed by atoms with Crippen molar-refractivity contribution in [2.45, 2.75) is 50.3 Å². The van der Waals surface area contributed by atoms with Crippen LogP contribution in [-0.2, 0) is 14.6 Å². The molecule has 1 amide bonds. The molecule has 0 atom stereocenters. The minimum atomic E-state index is -3.36. The van der Waals surface area contributed by atoms with E-state index in [4.69, 9.17) is 10.2 Å². The van der Waals surface area contributed by atoms with Crippen LogP contribution in [0.25, 0.3) is 22.8 Å². The van der Waals surface area contributed by atoms with Crippen molar-refractivity contribution >= 4 is 21.8 Å². The summed E-state index contributed by atoms with van der Waals surface area (Å²) in [6, 6.07) is 6.32. The van der Waals surface area contributed by atoms with Crippen molar-refractivity contribution < 1.29 is 23.3 Å². The molecule has 2 aromatic heterocycles. The van der Waals surface area contributed by atoms with Gasteiger partial charge in [-0.1, -0.05) is 17.2 Å². The van der Waals surface area contributed by atoms with Gasteiger partial charge in [-0.2, -0.15) is 0 Å². The van der Waals surface area contributed by atoms with E-state index in [9.17, 15) is 13.2 Å². The molecule has 172 valence electrons. The Labute approximate surface area is 186 Å². The summed E-state index contributed by atoms with van der Waals surface area (Å²) in [7, 11) is -3.36. The first-order chi connectivity index (χ1) is 14.4. The van der Waals surface area contributed by atoms with Gasteiger partial charge in [0.05, 0.1) is 33.3 Å². The topological polar surface area (TPSA) is 154 Å². The molecule has 31 heavy (non-hydrogen) atoms. The fraction of sp³-hybridized carbons (Fsp3) is 0.350. The zero-order chi connectivity index (χ0) is 23.0. The Hall–Kier alpha value is -3.18. The summed E-state index contributed by atoms with van der Waals surface area (Å²) in [6.45, 7) is 8.11. The maximum Gasteiger partial charge on any atom is 0.322 e. The van der Waals surface area contributed by atoms with Gasteiger partial charge in [-0.05, 0) is 46.8 Å². The molecule has 2 heterocycles. The average Bonchev–Trinajstić information content (AvgIpc) is 3.16. The minimum absolute atomic E-state index is 0. The van der Waals surface area contributed by atoms with Crippen LogP contribution < -0.4 is 11.1 Å². The van der Waals surface area contributed by atoms with E-state index in [0.717, 1.165) is 0 Å². The predicted octanol–water partition coefficient (Wildman–Crippen LogP) is 3.34. The van der Waals surface area contributed by atoms with Crippen molar-refractivity contribution in [1.82, 2.24) is 20.2 Å². The van der Waals surface area contributed by atoms with Gasteiger partial charge in [0.1, 0.15) is 5.69 Å². The third-order valence-electron chi connectivity index (χ3n) is 4.49. The number of sulfone groups is 1. The number of carbonyl (C=O) groups excluding carboxylic acids is 1. The van der Waals surface area contributed by atoms with Crippen molar-refractivity contribution in [2.24, 2.45) is 5.73 Å². The quantitative estimate of drug-likeness (QED) is 0.573. The van der Waals surface area contributed by atoms with Gasteiger partial charge in [0, 0.05) is 11.3 Å². The van der Waals surface area contributed by atoms with Crippen LogP contribution >= 0.6 is 0 Å². The van der Waals surface area contributed by atoms with Gasteiger partial charge in [-0.3, -0.25) is 15.1 Å². The van der Waals surface area contributed by atoms with Crippen LogP contribution in [0.2, 0.25) is 0 Å². The number of benzene rings is 1. The second kappa shape index (κ2) is 8.16. The highest BCUT2D eigenvalue weighted by Gasteiger charge is 2.24. The fourth-order valence-corrected chi connectivity index (χ4v) is 3.57. The zero-order valence-electron chi connectivity index (χ0n) is 17.9. The summed E-state index contributed by atoms with van der Waals surface area (Å²) >= 11 is 0. The number of rotatable bonds is 6. The summed E-state index contributed by atoms with van der Waals surface area (Å²) < 4.78 is 30.1. The standard InChI is InChI=1S/C20H24N6O4S.4H2/c1-11(2)31(28,29)14-8-6-13(7-9-14)15-10-22-12(3)16(23-15)17-25-26-19(30-17)24-18(27)20(4,5)21;;;;/h6-11H,21H2,1-5H3,(H,24,26,27);4*1H. The molecule has 0 unspecified atom stereocenters. The van der Waals surface area contributed by atoms with Crippen molar-refractivity contribution in [3.05, 3.63) is 36.2 Å². The number of carbonyl (C=O) groups is 1. The number of nitrogens with two attached hydrogens (primary N) is 1. The summed E-state index contributed by atoms with van der Waals surface area (Å²) in [6.07, 6.45) is 1.57. The maximum absolute atomic E-state index is 12.3. The monoisotopic (exact) mass is 452 g/mol. The maximum atomic E-state index is 12.3. The van der Waals surface area contributed by atoms with Crippen molar-refractivity contribution in [2.75, 3.05) is 5.32 Å². The van der Waals surface area contributed by atoms with E-state index in [-0.39, 0.29) is 22.5 Å². The van der Waals surface area contributed by atoms with Gasteiger partial charge >= 0.3 is 6.01 Å². The van der Waals surface area contributed by atoms with E-state index in [2.05, 4.69) is 25.5 Å². The first-order valence-corrected chi connectivity index (χ1v) is 11.1. The molecule has 1 aromatic carbocycles. The van der Waals surface area contributed by atoms with E-state index in [1.807, 2.05) is 0 Å². The van der Waals surface area contributed by atoms with Gasteiger partial charge in [0.2, 0.25) is 5.91 Å². The van der Waals surface area contributed by atoms with Crippen LogP contribution in [0.15, 0.2) is 39.8 Å². The highest BCUT2D eigenvalue weighted by atomic mass is 32.2. The van der Waals surface area contributed by atoms with Gasteiger partial charge < -0.3 is 10.2 Å². The number of hydrogen-bond donors (Lipinski definition) is 2. The number of aromatic nitrogens is 4. The molecule has 3 rings (SSSR count). The molecule has 0 spiro atoms. The summed E-state index contributed by atoms with van der Waals surface area (Å²) in [5.41, 5.74) is 6.70. The molecule has 11 heteroatoms. The second-order valence-electron chi connectivity index (χ2n) is 7.90. The molecule has 0 radical (unpaired) electrons. The van der Waals surface area contributed by atoms with E-state index in [1.54, 1.807) is 65.1 Å². The first kappa shape index (κ1) is 22.5. The predicted molar refractivity (Wildman–Crippen MR) is 123 cm³/mol. The molecular formula is C20H32N6O4S. The summed E-state index contributed by atoms with van der Waals surface area (Å²) in [4.78, 5) is 21.1. The van der Waals surface area contributed by atoms with Crippen molar-refractivity contribution in [1.29, 1.82) is 0 Å². The molecule has 0 aliphatic rings. The highest BCUT2D eigenvalue weighted by molar-refractivity contribution is 7.92. The Morgan fingerprint density at radius 1 is 1.19 bits per heavy atom. The molecule has 0 saturated carbocycles. The van der Waals surface area contributed by atoms with E-state index >= 15 is 0 Å². The first-order valence-electron chi connectivity index (χ1n) is 9.52. The fourth-order valence-electron chi connectivity index (χ4n) is 2.51. The number of aryl methyl sites for hydroxylation is 1. The van der Waals surface area contributed by atoms with Gasteiger partial charge in [-0.15, -0.1) is 5.10 Å². The normalized spacial score (nSPS) is 12.2. The van der Waals surface area contributed by atoms with Gasteiger partial charge in [-0.25, -0.2) is 13.4 Å². The Bertz CT molecular complexity index is 1230. The third-order valence-corrected chi connectivity index (χ3v) is 6.66. The minimum Gasteiger partial charge on any atom is -0.401 e. The SMILES string of the molecule is Cc1ncc(-c2ccc(S(=O)(=O)C(C)C)cc2)nc1-c1nnc(NC(=O)C(C)(C)N)o1.[HH].[HH].[HH].[HH]. The molecule has 0 aliphatic carbocycles. The number of nitrogens with zero attached hydrogens (tertiary/aromatic N) is 4. The third kappa shape index (κ3) is 4.78. The Kier molecular flexibility index (Phi) is 5.92. The van der Waals surface area contributed by atoms with E-state index < -0.39 is 26.5 Å². The van der Waals surface area contributed by atoms with Crippen LogP contribution in [0.4, 0.5) is 6.01 Å². The lowest BCUT2D eigenvalue weighted by atomic mass is 10.1. The average molecular weight is 453 g/mol. The summed E-state index contributed by atoms with van der Waals surface area (Å²) in [5.74, 6) is -0.397. The number of anilines is 1. The molecule has 0 fully saturated rings. The molecular weight excluding hydrogens is 420 g/mol. The number of nitrogens with one attached hydrogen (secondary N) is 1. The Morgan fingerprint density at radius 3 is 2.42 bits per heavy atom. The largest absolute Gasteiger partial charge is 0.401 e. The second-order valence-corrected chi connectivity index (χ2v) is 10.4.